The van der Waals surface area contributed by atoms with Gasteiger partial charge in [-0.15, -0.1) is 0 Å². The lowest BCUT2D eigenvalue weighted by atomic mass is 10.2. The maximum atomic E-state index is 12.4. The van der Waals surface area contributed by atoms with E-state index in [0.29, 0.717) is 19.5 Å². The first kappa shape index (κ1) is 26.8. The number of ether oxygens (including phenoxy) is 3. The highest BCUT2D eigenvalue weighted by Crippen LogP contribution is 2.11. The zero-order chi connectivity index (χ0) is 22.9. The van der Waals surface area contributed by atoms with Crippen LogP contribution in [0.15, 0.2) is 0 Å². The number of nitrogens with zero attached hydrogens (tertiary/aromatic N) is 1. The van der Waals surface area contributed by atoms with Crippen molar-refractivity contribution in [1.82, 2.24) is 15.5 Å². The van der Waals surface area contributed by atoms with Gasteiger partial charge in [0.05, 0.1) is 0 Å². The highest BCUT2D eigenvalue weighted by Gasteiger charge is 2.23. The second-order valence-electron chi connectivity index (χ2n) is 9.68. The molecule has 170 valence electrons. The van der Waals surface area contributed by atoms with Crippen LogP contribution in [0.2, 0.25) is 0 Å². The van der Waals surface area contributed by atoms with Crippen LogP contribution in [0.1, 0.15) is 68.7 Å². The molecule has 0 aromatic carbocycles. The molecule has 0 heterocycles. The summed E-state index contributed by atoms with van der Waals surface area (Å²) in [7, 11) is 0. The summed E-state index contributed by atoms with van der Waals surface area (Å²) in [6.45, 7) is 17.2. The van der Waals surface area contributed by atoms with E-state index in [1.165, 1.54) is 4.90 Å². The first-order valence-electron chi connectivity index (χ1n) is 9.90. The SMILES string of the molecule is CC(C)(C)OC(=O)NCCCN(CCNC(=O)OC(C)(C)C)C(=O)OC(C)(C)C. The maximum Gasteiger partial charge on any atom is 0.410 e. The van der Waals surface area contributed by atoms with Crippen LogP contribution >= 0.6 is 0 Å². The van der Waals surface area contributed by atoms with Gasteiger partial charge in [-0.1, -0.05) is 0 Å². The summed E-state index contributed by atoms with van der Waals surface area (Å²) in [4.78, 5) is 37.4. The van der Waals surface area contributed by atoms with Gasteiger partial charge in [0.2, 0.25) is 0 Å². The van der Waals surface area contributed by atoms with Gasteiger partial charge in [-0.3, -0.25) is 0 Å². The molecule has 0 saturated heterocycles. The van der Waals surface area contributed by atoms with E-state index in [1.807, 2.05) is 0 Å². The molecule has 0 radical (unpaired) electrons. The van der Waals surface area contributed by atoms with E-state index in [2.05, 4.69) is 10.6 Å². The molecule has 0 rings (SSSR count). The van der Waals surface area contributed by atoms with E-state index >= 15 is 0 Å². The van der Waals surface area contributed by atoms with Crippen molar-refractivity contribution in [2.24, 2.45) is 0 Å². The quantitative estimate of drug-likeness (QED) is 0.484. The predicted molar refractivity (Wildman–Crippen MR) is 111 cm³/mol. The van der Waals surface area contributed by atoms with E-state index in [-0.39, 0.29) is 13.1 Å². The molecule has 0 fully saturated rings. The van der Waals surface area contributed by atoms with Crippen molar-refractivity contribution >= 4 is 18.3 Å². The van der Waals surface area contributed by atoms with E-state index < -0.39 is 35.1 Å². The van der Waals surface area contributed by atoms with Crippen molar-refractivity contribution in [3.8, 4) is 0 Å². The lowest BCUT2D eigenvalue weighted by Crippen LogP contribution is -2.43. The number of carbonyl (C=O) groups excluding carboxylic acids is 3. The van der Waals surface area contributed by atoms with Crippen molar-refractivity contribution in [3.05, 3.63) is 0 Å². The Labute approximate surface area is 174 Å². The molecule has 0 aliphatic carbocycles. The molecule has 0 unspecified atom stereocenters. The van der Waals surface area contributed by atoms with E-state index in [9.17, 15) is 14.4 Å². The molecule has 0 aromatic rings. The van der Waals surface area contributed by atoms with Crippen LogP contribution in [0, 0.1) is 0 Å². The molecule has 0 aliphatic rings. The number of hydrogen-bond acceptors (Lipinski definition) is 6. The first-order valence-corrected chi connectivity index (χ1v) is 9.90. The molecule has 0 spiro atoms. The minimum atomic E-state index is -0.636. The van der Waals surface area contributed by atoms with Crippen LogP contribution in [0.3, 0.4) is 0 Å². The number of rotatable bonds is 7. The Kier molecular flexibility index (Phi) is 10.3. The highest BCUT2D eigenvalue weighted by atomic mass is 16.6. The van der Waals surface area contributed by atoms with E-state index in [0.717, 1.165) is 0 Å². The topological polar surface area (TPSA) is 106 Å². The van der Waals surface area contributed by atoms with E-state index in [1.54, 1.807) is 62.3 Å². The molecular formula is C20H39N3O6. The third-order valence-corrected chi connectivity index (χ3v) is 2.97. The molecule has 3 amide bonds. The van der Waals surface area contributed by atoms with Crippen LogP contribution in [0.4, 0.5) is 14.4 Å². The molecule has 0 bridgehead atoms. The fourth-order valence-electron chi connectivity index (χ4n) is 2.00. The molecule has 9 nitrogen and oxygen atoms in total. The predicted octanol–water partition coefficient (Wildman–Crippen LogP) is 3.66. The fourth-order valence-corrected chi connectivity index (χ4v) is 2.00. The molecule has 0 saturated carbocycles. The van der Waals surface area contributed by atoms with E-state index in [4.69, 9.17) is 14.2 Å². The fraction of sp³-hybridized carbons (Fsp3) is 0.850. The molecule has 0 aromatic heterocycles. The van der Waals surface area contributed by atoms with Crippen molar-refractivity contribution < 1.29 is 28.6 Å². The smallest absolute Gasteiger partial charge is 0.410 e. The minimum absolute atomic E-state index is 0.216. The third-order valence-electron chi connectivity index (χ3n) is 2.97. The Hall–Kier alpha value is -2.19. The van der Waals surface area contributed by atoms with Crippen LogP contribution in [-0.4, -0.2) is 66.2 Å². The third kappa shape index (κ3) is 16.5. The molecule has 0 atom stereocenters. The van der Waals surface area contributed by atoms with Crippen LogP contribution in [0.5, 0.6) is 0 Å². The largest absolute Gasteiger partial charge is 0.444 e. The summed E-state index contributed by atoms with van der Waals surface area (Å²) >= 11 is 0. The standard InChI is InChI=1S/C20H39N3O6/c1-18(2,3)27-15(24)21-11-10-13-23(17(26)29-20(7,8)9)14-12-22-16(25)28-19(4,5)6/h10-14H2,1-9H3,(H,21,24)(H,22,25). The van der Waals surface area contributed by atoms with Gasteiger partial charge in [-0.05, 0) is 68.7 Å². The first-order chi connectivity index (χ1) is 13.0. The van der Waals surface area contributed by atoms with Gasteiger partial charge >= 0.3 is 18.3 Å². The van der Waals surface area contributed by atoms with Crippen molar-refractivity contribution in [2.75, 3.05) is 26.2 Å². The second kappa shape index (κ2) is 11.1. The van der Waals surface area contributed by atoms with Gasteiger partial charge in [0.1, 0.15) is 16.8 Å². The second-order valence-corrected chi connectivity index (χ2v) is 9.68. The zero-order valence-electron chi connectivity index (χ0n) is 19.4. The average Bonchev–Trinajstić information content (AvgIpc) is 2.43. The molecule has 0 aliphatic heterocycles. The van der Waals surface area contributed by atoms with Crippen molar-refractivity contribution in [2.45, 2.75) is 85.5 Å². The summed E-state index contributed by atoms with van der Waals surface area (Å²) in [5.74, 6) is 0. The van der Waals surface area contributed by atoms with Crippen LogP contribution in [-0.2, 0) is 14.2 Å². The average molecular weight is 418 g/mol. The monoisotopic (exact) mass is 417 g/mol. The number of nitrogens with one attached hydrogen (secondary N) is 2. The molecule has 29 heavy (non-hydrogen) atoms. The Bertz CT molecular complexity index is 544. The van der Waals surface area contributed by atoms with Gasteiger partial charge in [0.25, 0.3) is 0 Å². The normalized spacial score (nSPS) is 12.0. The maximum absolute atomic E-state index is 12.4. The zero-order valence-corrected chi connectivity index (χ0v) is 19.4. The lowest BCUT2D eigenvalue weighted by Gasteiger charge is -2.28. The number of alkyl carbamates (subject to hydrolysis) is 2. The summed E-state index contributed by atoms with van der Waals surface area (Å²) in [5.41, 5.74) is -1.80. The Morgan fingerprint density at radius 3 is 1.48 bits per heavy atom. The summed E-state index contributed by atoms with van der Waals surface area (Å²) in [6, 6.07) is 0. The Morgan fingerprint density at radius 2 is 1.07 bits per heavy atom. The number of amides is 3. The number of carbonyl (C=O) groups is 3. The number of hydrogen-bond donors (Lipinski definition) is 2. The van der Waals surface area contributed by atoms with Gasteiger partial charge in [0, 0.05) is 26.2 Å². The van der Waals surface area contributed by atoms with Gasteiger partial charge in [-0.2, -0.15) is 0 Å². The highest BCUT2D eigenvalue weighted by molar-refractivity contribution is 5.69. The minimum Gasteiger partial charge on any atom is -0.444 e. The van der Waals surface area contributed by atoms with Gasteiger partial charge in [0.15, 0.2) is 0 Å². The van der Waals surface area contributed by atoms with Gasteiger partial charge in [-0.25, -0.2) is 14.4 Å². The molecule has 2 N–H and O–H groups in total. The summed E-state index contributed by atoms with van der Waals surface area (Å²) in [5, 5.41) is 5.27. The Balaban J connectivity index is 4.57. The van der Waals surface area contributed by atoms with Crippen molar-refractivity contribution in [1.29, 1.82) is 0 Å². The lowest BCUT2D eigenvalue weighted by molar-refractivity contribution is 0.0238. The van der Waals surface area contributed by atoms with Crippen LogP contribution < -0.4 is 10.6 Å². The molecular weight excluding hydrogens is 378 g/mol. The van der Waals surface area contributed by atoms with Crippen molar-refractivity contribution in [3.63, 3.8) is 0 Å². The van der Waals surface area contributed by atoms with Crippen LogP contribution in [0.25, 0.3) is 0 Å². The molecule has 9 heteroatoms. The summed E-state index contributed by atoms with van der Waals surface area (Å²) < 4.78 is 15.8. The van der Waals surface area contributed by atoms with Gasteiger partial charge < -0.3 is 29.7 Å². The summed E-state index contributed by atoms with van der Waals surface area (Å²) in [6.07, 6.45) is -1.04. The Morgan fingerprint density at radius 1 is 0.655 bits per heavy atom.